The van der Waals surface area contributed by atoms with Gasteiger partial charge < -0.3 is 10.4 Å². The second kappa shape index (κ2) is 6.11. The third-order valence-electron chi connectivity index (χ3n) is 2.64. The summed E-state index contributed by atoms with van der Waals surface area (Å²) in [5.41, 5.74) is 0.702. The van der Waals surface area contributed by atoms with Crippen molar-refractivity contribution in [3.05, 3.63) is 61.6 Å². The van der Waals surface area contributed by atoms with Crippen molar-refractivity contribution in [1.82, 2.24) is 0 Å². The molecule has 0 spiro atoms. The normalized spacial score (nSPS) is 10.2. The molecule has 2 aromatic rings. The van der Waals surface area contributed by atoms with Crippen molar-refractivity contribution in [1.29, 1.82) is 0 Å². The number of nitro benzene ring substituents is 1. The van der Waals surface area contributed by atoms with Crippen LogP contribution in [0.1, 0.15) is 10.4 Å². The van der Waals surface area contributed by atoms with E-state index < -0.39 is 10.9 Å². The highest BCUT2D eigenvalue weighted by Crippen LogP contribution is 2.33. The summed E-state index contributed by atoms with van der Waals surface area (Å²) in [6, 6.07) is 8.58. The van der Waals surface area contributed by atoms with Gasteiger partial charge in [0.25, 0.3) is 5.69 Å². The van der Waals surface area contributed by atoms with Crippen molar-refractivity contribution in [2.45, 2.75) is 0 Å². The summed E-state index contributed by atoms with van der Waals surface area (Å²) in [7, 11) is 0. The number of anilines is 2. The van der Waals surface area contributed by atoms with Crippen molar-refractivity contribution in [3.63, 3.8) is 0 Å². The smallest absolute Gasteiger partial charge is 0.335 e. The number of hydrogen-bond acceptors (Lipinski definition) is 4. The molecule has 0 atom stereocenters. The van der Waals surface area contributed by atoms with Crippen LogP contribution in [0.15, 0.2) is 40.9 Å². The summed E-state index contributed by atoms with van der Waals surface area (Å²) in [6.45, 7) is 0. The number of aromatic carboxylic acids is 1. The Morgan fingerprint density at radius 2 is 1.90 bits per heavy atom. The van der Waals surface area contributed by atoms with Crippen LogP contribution < -0.4 is 5.32 Å². The molecule has 0 amide bonds. The molecule has 8 heteroatoms. The first-order valence-corrected chi connectivity index (χ1v) is 6.79. The van der Waals surface area contributed by atoms with Crippen LogP contribution in [-0.4, -0.2) is 16.0 Å². The second-order valence-electron chi connectivity index (χ2n) is 4.04. The highest BCUT2D eigenvalue weighted by Gasteiger charge is 2.16. The lowest BCUT2D eigenvalue weighted by molar-refractivity contribution is -0.383. The monoisotopic (exact) mass is 370 g/mol. The van der Waals surface area contributed by atoms with Crippen LogP contribution in [0.4, 0.5) is 17.1 Å². The Kier molecular flexibility index (Phi) is 4.44. The maximum Gasteiger partial charge on any atom is 0.335 e. The lowest BCUT2D eigenvalue weighted by atomic mass is 10.2. The number of halogens is 2. The molecule has 21 heavy (non-hydrogen) atoms. The third kappa shape index (κ3) is 3.50. The minimum Gasteiger partial charge on any atom is -0.478 e. The highest BCUT2D eigenvalue weighted by molar-refractivity contribution is 9.10. The number of carbonyl (C=O) groups is 1. The number of nitrogens with zero attached hydrogens (tertiary/aromatic N) is 1. The van der Waals surface area contributed by atoms with E-state index in [1.807, 2.05) is 0 Å². The number of nitro groups is 1. The van der Waals surface area contributed by atoms with E-state index in [2.05, 4.69) is 21.2 Å². The summed E-state index contributed by atoms with van der Waals surface area (Å²) < 4.78 is 0.478. The topological polar surface area (TPSA) is 92.5 Å². The minimum atomic E-state index is -1.06. The summed E-state index contributed by atoms with van der Waals surface area (Å²) in [5, 5.41) is 23.0. The van der Waals surface area contributed by atoms with Crippen LogP contribution in [-0.2, 0) is 0 Å². The lowest BCUT2D eigenvalue weighted by Gasteiger charge is -2.10. The summed E-state index contributed by atoms with van der Waals surface area (Å²) in [4.78, 5) is 21.3. The van der Waals surface area contributed by atoms with E-state index >= 15 is 0 Å². The zero-order valence-corrected chi connectivity index (χ0v) is 12.7. The van der Waals surface area contributed by atoms with Crippen molar-refractivity contribution >= 4 is 50.6 Å². The van der Waals surface area contributed by atoms with Gasteiger partial charge in [0.15, 0.2) is 0 Å². The molecule has 6 nitrogen and oxygen atoms in total. The predicted octanol–water partition coefficient (Wildman–Crippen LogP) is 4.45. The van der Waals surface area contributed by atoms with Crippen LogP contribution in [0.5, 0.6) is 0 Å². The Hall–Kier alpha value is -2.12. The molecule has 0 aliphatic heterocycles. The van der Waals surface area contributed by atoms with Crippen LogP contribution in [0.3, 0.4) is 0 Å². The van der Waals surface area contributed by atoms with Crippen LogP contribution in [0, 0.1) is 10.1 Å². The zero-order valence-electron chi connectivity index (χ0n) is 10.3. The molecule has 0 saturated heterocycles. The molecule has 2 aromatic carbocycles. The molecule has 0 bridgehead atoms. The Morgan fingerprint density at radius 3 is 2.48 bits per heavy atom. The molecule has 0 radical (unpaired) electrons. The molecule has 2 N–H and O–H groups in total. The van der Waals surface area contributed by atoms with Gasteiger partial charge in [0, 0.05) is 15.6 Å². The average molecular weight is 372 g/mol. The maximum atomic E-state index is 11.0. The third-order valence-corrected chi connectivity index (χ3v) is 3.53. The van der Waals surface area contributed by atoms with Gasteiger partial charge in [0.05, 0.1) is 16.2 Å². The summed E-state index contributed by atoms with van der Waals surface area (Å²) in [6.07, 6.45) is 0. The van der Waals surface area contributed by atoms with Gasteiger partial charge >= 0.3 is 5.97 Å². The Balaban J connectivity index is 2.39. The van der Waals surface area contributed by atoms with Crippen molar-refractivity contribution in [2.24, 2.45) is 0 Å². The van der Waals surface area contributed by atoms with Gasteiger partial charge in [-0.05, 0) is 46.3 Å². The van der Waals surface area contributed by atoms with Gasteiger partial charge in [-0.15, -0.1) is 0 Å². The molecule has 0 aromatic heterocycles. The van der Waals surface area contributed by atoms with Gasteiger partial charge in [-0.25, -0.2) is 4.79 Å². The summed E-state index contributed by atoms with van der Waals surface area (Å²) in [5.74, 6) is -1.06. The van der Waals surface area contributed by atoms with E-state index in [-0.39, 0.29) is 22.0 Å². The number of carboxylic acid groups (broad SMARTS) is 1. The second-order valence-corrected chi connectivity index (χ2v) is 5.33. The molecule has 0 saturated carbocycles. The molecule has 2 rings (SSSR count). The first kappa shape index (κ1) is 15.3. The zero-order chi connectivity index (χ0) is 15.6. The largest absolute Gasteiger partial charge is 0.478 e. The number of hydrogen-bond donors (Lipinski definition) is 2. The molecule has 108 valence electrons. The van der Waals surface area contributed by atoms with Gasteiger partial charge in [0.1, 0.15) is 5.69 Å². The lowest BCUT2D eigenvalue weighted by Crippen LogP contribution is -2.00. The number of rotatable bonds is 4. The molecule has 0 aliphatic rings. The van der Waals surface area contributed by atoms with Crippen LogP contribution in [0.2, 0.25) is 5.02 Å². The van der Waals surface area contributed by atoms with Crippen LogP contribution >= 0.6 is 27.5 Å². The van der Waals surface area contributed by atoms with Crippen molar-refractivity contribution in [2.75, 3.05) is 5.32 Å². The van der Waals surface area contributed by atoms with Gasteiger partial charge in [0.2, 0.25) is 0 Å². The molecule has 0 fully saturated rings. The summed E-state index contributed by atoms with van der Waals surface area (Å²) >= 11 is 8.97. The van der Waals surface area contributed by atoms with Crippen LogP contribution in [0.25, 0.3) is 0 Å². The van der Waals surface area contributed by atoms with E-state index in [4.69, 9.17) is 16.7 Å². The first-order valence-electron chi connectivity index (χ1n) is 5.62. The fraction of sp³-hybridized carbons (Fsp3) is 0. The minimum absolute atomic E-state index is 0.109. The molecule has 0 unspecified atom stereocenters. The first-order chi connectivity index (χ1) is 9.88. The van der Waals surface area contributed by atoms with Crippen molar-refractivity contribution in [3.8, 4) is 0 Å². The van der Waals surface area contributed by atoms with E-state index in [0.29, 0.717) is 10.2 Å². The Bertz CT molecular complexity index is 736. The Labute approximate surface area is 132 Å². The van der Waals surface area contributed by atoms with Crippen molar-refractivity contribution < 1.29 is 14.8 Å². The quantitative estimate of drug-likeness (QED) is 0.612. The SMILES string of the molecule is O=C(O)c1ccc(Nc2ccc(Cl)cc2[N+](=O)[O-])c(Br)c1. The van der Waals surface area contributed by atoms with E-state index in [1.165, 1.54) is 36.4 Å². The molecule has 0 heterocycles. The van der Waals surface area contributed by atoms with Gasteiger partial charge in [-0.1, -0.05) is 11.6 Å². The van der Waals surface area contributed by atoms with E-state index in [0.717, 1.165) is 0 Å². The fourth-order valence-electron chi connectivity index (χ4n) is 1.66. The molecule has 0 aliphatic carbocycles. The number of carboxylic acids is 1. The van der Waals surface area contributed by atoms with Gasteiger partial charge in [-0.2, -0.15) is 0 Å². The standard InChI is InChI=1S/C13H8BrClN2O4/c14-9-5-7(13(18)19)1-3-10(9)16-11-4-2-8(15)6-12(11)17(20)21/h1-6,16H,(H,18,19). The average Bonchev–Trinajstić information content (AvgIpc) is 2.42. The fourth-order valence-corrected chi connectivity index (χ4v) is 2.30. The van der Waals surface area contributed by atoms with E-state index in [1.54, 1.807) is 0 Å². The predicted molar refractivity (Wildman–Crippen MR) is 82.5 cm³/mol. The van der Waals surface area contributed by atoms with E-state index in [9.17, 15) is 14.9 Å². The maximum absolute atomic E-state index is 11.0. The molecular formula is C13H8BrClN2O4. The number of nitrogens with one attached hydrogen (secondary N) is 1. The van der Waals surface area contributed by atoms with Gasteiger partial charge in [-0.3, -0.25) is 10.1 Å². The highest BCUT2D eigenvalue weighted by atomic mass is 79.9. The Morgan fingerprint density at radius 1 is 1.24 bits per heavy atom. The molecular weight excluding hydrogens is 364 g/mol. The number of benzene rings is 2.